The molecule has 12 heavy (non-hydrogen) atoms. The molecule has 1 heteroatoms. The first-order valence-corrected chi connectivity index (χ1v) is 4.25. The van der Waals surface area contributed by atoms with Crippen LogP contribution < -0.4 is 0 Å². The van der Waals surface area contributed by atoms with E-state index in [2.05, 4.69) is 6.58 Å². The van der Waals surface area contributed by atoms with Crippen LogP contribution in [-0.2, 0) is 12.8 Å². The van der Waals surface area contributed by atoms with Gasteiger partial charge >= 0.3 is 0 Å². The lowest BCUT2D eigenvalue weighted by molar-refractivity contribution is 0.623. The summed E-state index contributed by atoms with van der Waals surface area (Å²) in [6.07, 6.45) is 4.88. The Kier molecular flexibility index (Phi) is 1.72. The van der Waals surface area contributed by atoms with E-state index in [-0.39, 0.29) is 5.82 Å². The maximum Gasteiger partial charge on any atom is 0.130 e. The molecule has 0 nitrogen and oxygen atoms in total. The second-order valence-electron chi connectivity index (χ2n) is 3.16. The molecular formula is C11H11F. The predicted molar refractivity (Wildman–Crippen MR) is 48.5 cm³/mol. The van der Waals surface area contributed by atoms with Gasteiger partial charge in [0.05, 0.1) is 0 Å². The summed E-state index contributed by atoms with van der Waals surface area (Å²) in [4.78, 5) is 0. The quantitative estimate of drug-likeness (QED) is 0.595. The van der Waals surface area contributed by atoms with Gasteiger partial charge in [0, 0.05) is 5.56 Å². The number of hydrogen-bond donors (Lipinski definition) is 0. The van der Waals surface area contributed by atoms with Crippen LogP contribution in [0.3, 0.4) is 0 Å². The van der Waals surface area contributed by atoms with Gasteiger partial charge in [-0.3, -0.25) is 0 Å². The van der Waals surface area contributed by atoms with E-state index in [1.807, 2.05) is 6.07 Å². The minimum Gasteiger partial charge on any atom is -0.206 e. The molecule has 1 aliphatic carbocycles. The molecule has 0 saturated heterocycles. The number of halogens is 1. The smallest absolute Gasteiger partial charge is 0.130 e. The van der Waals surface area contributed by atoms with E-state index in [0.717, 1.165) is 19.3 Å². The van der Waals surface area contributed by atoms with Crippen molar-refractivity contribution in [3.05, 3.63) is 41.2 Å². The van der Waals surface area contributed by atoms with Gasteiger partial charge in [-0.15, -0.1) is 0 Å². The average molecular weight is 162 g/mol. The molecule has 0 saturated carbocycles. The Balaban J connectivity index is 2.65. The summed E-state index contributed by atoms with van der Waals surface area (Å²) in [7, 11) is 0. The third-order valence-electron chi connectivity index (χ3n) is 2.48. The van der Waals surface area contributed by atoms with Crippen molar-refractivity contribution >= 4 is 6.08 Å². The van der Waals surface area contributed by atoms with Gasteiger partial charge in [0.2, 0.25) is 0 Å². The molecular weight excluding hydrogens is 151 g/mol. The van der Waals surface area contributed by atoms with Crippen LogP contribution in [0.15, 0.2) is 18.7 Å². The van der Waals surface area contributed by atoms with E-state index < -0.39 is 0 Å². The van der Waals surface area contributed by atoms with Crippen molar-refractivity contribution in [3.63, 3.8) is 0 Å². The van der Waals surface area contributed by atoms with Gasteiger partial charge in [-0.2, -0.15) is 0 Å². The lowest BCUT2D eigenvalue weighted by atomic mass is 10.0. The third-order valence-corrected chi connectivity index (χ3v) is 2.48. The van der Waals surface area contributed by atoms with Crippen molar-refractivity contribution in [2.24, 2.45) is 0 Å². The lowest BCUT2D eigenvalue weighted by Gasteiger charge is -2.04. The van der Waals surface area contributed by atoms with Crippen LogP contribution in [0.5, 0.6) is 0 Å². The van der Waals surface area contributed by atoms with Crippen LogP contribution >= 0.6 is 0 Å². The fourth-order valence-corrected chi connectivity index (χ4v) is 1.89. The molecule has 0 atom stereocenters. The Bertz CT molecular complexity index is 326. The number of hydrogen-bond acceptors (Lipinski definition) is 0. The summed E-state index contributed by atoms with van der Waals surface area (Å²) >= 11 is 0. The van der Waals surface area contributed by atoms with Gasteiger partial charge in [-0.25, -0.2) is 4.39 Å². The topological polar surface area (TPSA) is 0 Å². The number of benzene rings is 1. The normalized spacial score (nSPS) is 14.4. The van der Waals surface area contributed by atoms with E-state index in [0.29, 0.717) is 5.56 Å². The molecule has 0 radical (unpaired) electrons. The second kappa shape index (κ2) is 2.74. The lowest BCUT2D eigenvalue weighted by Crippen LogP contribution is -1.91. The van der Waals surface area contributed by atoms with E-state index in [1.54, 1.807) is 12.1 Å². The zero-order valence-electron chi connectivity index (χ0n) is 6.94. The van der Waals surface area contributed by atoms with E-state index in [9.17, 15) is 4.39 Å². The summed E-state index contributed by atoms with van der Waals surface area (Å²) < 4.78 is 13.2. The number of aryl methyl sites for hydroxylation is 1. The van der Waals surface area contributed by atoms with Crippen LogP contribution in [-0.4, -0.2) is 0 Å². The molecule has 1 aliphatic rings. The number of rotatable bonds is 1. The second-order valence-corrected chi connectivity index (χ2v) is 3.16. The molecule has 0 unspecified atom stereocenters. The predicted octanol–water partition coefficient (Wildman–Crippen LogP) is 2.96. The minimum atomic E-state index is -0.134. The van der Waals surface area contributed by atoms with Crippen molar-refractivity contribution in [2.45, 2.75) is 19.3 Å². The fourth-order valence-electron chi connectivity index (χ4n) is 1.89. The van der Waals surface area contributed by atoms with Crippen LogP contribution in [0.4, 0.5) is 4.39 Å². The average Bonchev–Trinajstić information content (AvgIpc) is 2.52. The molecule has 62 valence electrons. The Morgan fingerprint density at radius 1 is 1.33 bits per heavy atom. The highest BCUT2D eigenvalue weighted by molar-refractivity contribution is 5.56. The highest BCUT2D eigenvalue weighted by Gasteiger charge is 2.15. The molecule has 2 rings (SSSR count). The van der Waals surface area contributed by atoms with Gasteiger partial charge in [-0.1, -0.05) is 18.7 Å². The van der Waals surface area contributed by atoms with Crippen molar-refractivity contribution in [1.29, 1.82) is 0 Å². The Labute approximate surface area is 71.7 Å². The van der Waals surface area contributed by atoms with Gasteiger partial charge in [-0.05, 0) is 36.5 Å². The van der Waals surface area contributed by atoms with E-state index in [1.165, 1.54) is 11.1 Å². The van der Waals surface area contributed by atoms with Crippen molar-refractivity contribution in [3.8, 4) is 0 Å². The zero-order valence-corrected chi connectivity index (χ0v) is 6.94. The minimum absolute atomic E-state index is 0.134. The molecule has 1 aromatic rings. The molecule has 1 aromatic carbocycles. The third kappa shape index (κ3) is 0.970. The van der Waals surface area contributed by atoms with Gasteiger partial charge in [0.15, 0.2) is 0 Å². The first-order chi connectivity index (χ1) is 5.83. The van der Waals surface area contributed by atoms with E-state index in [4.69, 9.17) is 0 Å². The Morgan fingerprint density at radius 2 is 2.17 bits per heavy atom. The van der Waals surface area contributed by atoms with Gasteiger partial charge in [0.25, 0.3) is 0 Å². The van der Waals surface area contributed by atoms with Gasteiger partial charge in [0.1, 0.15) is 5.82 Å². The largest absolute Gasteiger partial charge is 0.206 e. The Morgan fingerprint density at radius 3 is 2.92 bits per heavy atom. The highest BCUT2D eigenvalue weighted by Crippen LogP contribution is 2.27. The Hall–Kier alpha value is -1.11. The fraction of sp³-hybridized carbons (Fsp3) is 0.273. The summed E-state index contributed by atoms with van der Waals surface area (Å²) in [6.45, 7) is 3.63. The number of fused-ring (bicyclic) bond motifs is 1. The van der Waals surface area contributed by atoms with Crippen LogP contribution in [0.2, 0.25) is 0 Å². The van der Waals surface area contributed by atoms with Crippen molar-refractivity contribution in [2.75, 3.05) is 0 Å². The molecule has 0 N–H and O–H groups in total. The monoisotopic (exact) mass is 162 g/mol. The van der Waals surface area contributed by atoms with Gasteiger partial charge < -0.3 is 0 Å². The summed E-state index contributed by atoms with van der Waals surface area (Å²) in [5.41, 5.74) is 3.18. The first kappa shape index (κ1) is 7.53. The standard InChI is InChI=1S/C11H11F/c1-2-9-10-5-3-4-8(10)6-7-11(9)12/h2,6-7H,1,3-5H2. The van der Waals surface area contributed by atoms with Crippen molar-refractivity contribution in [1.82, 2.24) is 0 Å². The van der Waals surface area contributed by atoms with E-state index >= 15 is 0 Å². The summed E-state index contributed by atoms with van der Waals surface area (Å²) in [6, 6.07) is 3.44. The molecule has 0 aliphatic heterocycles. The molecule has 0 spiro atoms. The maximum atomic E-state index is 13.2. The molecule has 0 bridgehead atoms. The van der Waals surface area contributed by atoms with Crippen LogP contribution in [0, 0.1) is 5.82 Å². The maximum absolute atomic E-state index is 13.2. The molecule has 0 aromatic heterocycles. The van der Waals surface area contributed by atoms with Crippen LogP contribution in [0.25, 0.3) is 6.08 Å². The molecule has 0 heterocycles. The SMILES string of the molecule is C=Cc1c(F)ccc2c1CCC2. The first-order valence-electron chi connectivity index (χ1n) is 4.25. The summed E-state index contributed by atoms with van der Waals surface area (Å²) in [5.74, 6) is -0.134. The van der Waals surface area contributed by atoms with Crippen LogP contribution in [0.1, 0.15) is 23.1 Å². The van der Waals surface area contributed by atoms with Crippen molar-refractivity contribution < 1.29 is 4.39 Å². The summed E-state index contributed by atoms with van der Waals surface area (Å²) in [5, 5.41) is 0. The zero-order chi connectivity index (χ0) is 8.55. The molecule has 0 fully saturated rings. The highest BCUT2D eigenvalue weighted by atomic mass is 19.1. The molecule has 0 amide bonds.